The molecule has 0 bridgehead atoms. The van der Waals surface area contributed by atoms with E-state index in [2.05, 4.69) is 5.32 Å². The summed E-state index contributed by atoms with van der Waals surface area (Å²) in [7, 11) is 0. The number of nitrogens with one attached hydrogen (secondary N) is 1. The lowest BCUT2D eigenvalue weighted by Crippen LogP contribution is -2.38. The summed E-state index contributed by atoms with van der Waals surface area (Å²) in [5.41, 5.74) is 2.39. The van der Waals surface area contributed by atoms with Gasteiger partial charge >= 0.3 is 0 Å². The molecule has 1 amide bonds. The van der Waals surface area contributed by atoms with Crippen LogP contribution in [-0.4, -0.2) is 18.6 Å². The predicted molar refractivity (Wildman–Crippen MR) is 98.7 cm³/mol. The molecule has 128 valence electrons. The molecule has 24 heavy (non-hydrogen) atoms. The molecule has 0 saturated carbocycles. The van der Waals surface area contributed by atoms with E-state index in [-0.39, 0.29) is 5.91 Å². The molecule has 3 nitrogen and oxygen atoms in total. The Morgan fingerprint density at radius 2 is 1.79 bits per heavy atom. The maximum atomic E-state index is 12.2. The highest BCUT2D eigenvalue weighted by atomic mass is 35.5. The lowest BCUT2D eigenvalue weighted by atomic mass is 10.1. The van der Waals surface area contributed by atoms with Crippen molar-refractivity contribution in [1.29, 1.82) is 0 Å². The van der Waals surface area contributed by atoms with Crippen molar-refractivity contribution in [3.8, 4) is 5.75 Å². The summed E-state index contributed by atoms with van der Waals surface area (Å²) in [6.07, 6.45) is 1.97. The Bertz CT molecular complexity index is 638. The second-order valence-electron chi connectivity index (χ2n) is 5.85. The summed E-state index contributed by atoms with van der Waals surface area (Å²) in [6, 6.07) is 15.5. The van der Waals surface area contributed by atoms with Gasteiger partial charge in [-0.2, -0.15) is 0 Å². The number of halogens is 1. The number of hydrogen-bond donors (Lipinski definition) is 1. The third-order valence-electron chi connectivity index (χ3n) is 3.82. The fourth-order valence-electron chi connectivity index (χ4n) is 2.37. The summed E-state index contributed by atoms with van der Waals surface area (Å²) < 4.78 is 5.78. The lowest BCUT2D eigenvalue weighted by molar-refractivity contribution is -0.128. The second kappa shape index (κ2) is 9.33. The summed E-state index contributed by atoms with van der Waals surface area (Å²) in [4.78, 5) is 12.2. The Kier molecular flexibility index (Phi) is 7.13. The molecule has 0 heterocycles. The van der Waals surface area contributed by atoms with E-state index in [1.807, 2.05) is 62.4 Å². The maximum Gasteiger partial charge on any atom is 0.261 e. The highest BCUT2D eigenvalue weighted by molar-refractivity contribution is 6.30. The van der Waals surface area contributed by atoms with Crippen molar-refractivity contribution in [2.24, 2.45) is 0 Å². The van der Waals surface area contributed by atoms with Crippen LogP contribution in [0, 0.1) is 6.92 Å². The molecule has 0 aliphatic heterocycles. The predicted octanol–water partition coefficient (Wildman–Crippen LogP) is 4.55. The minimum atomic E-state index is -0.455. The largest absolute Gasteiger partial charge is 0.481 e. The van der Waals surface area contributed by atoms with Gasteiger partial charge in [0.1, 0.15) is 5.75 Å². The van der Waals surface area contributed by atoms with Crippen LogP contribution in [0.15, 0.2) is 48.5 Å². The van der Waals surface area contributed by atoms with Crippen LogP contribution >= 0.6 is 11.6 Å². The van der Waals surface area contributed by atoms with Gasteiger partial charge in [-0.15, -0.1) is 0 Å². The van der Waals surface area contributed by atoms with Gasteiger partial charge in [0, 0.05) is 11.6 Å². The summed E-state index contributed by atoms with van der Waals surface area (Å²) in [5.74, 6) is 0.665. The van der Waals surface area contributed by atoms with Crippen molar-refractivity contribution >= 4 is 17.5 Å². The Morgan fingerprint density at radius 3 is 2.42 bits per heavy atom. The Hall–Kier alpha value is -2.00. The van der Waals surface area contributed by atoms with Gasteiger partial charge < -0.3 is 10.1 Å². The monoisotopic (exact) mass is 345 g/mol. The molecule has 4 heteroatoms. The number of rotatable bonds is 8. The van der Waals surface area contributed by atoms with Crippen LogP contribution in [0.25, 0.3) is 0 Å². The smallest absolute Gasteiger partial charge is 0.261 e. The van der Waals surface area contributed by atoms with Crippen LogP contribution < -0.4 is 10.1 Å². The number of aryl methyl sites for hydroxylation is 2. The summed E-state index contributed by atoms with van der Waals surface area (Å²) >= 11 is 5.87. The number of carbonyl (C=O) groups is 1. The minimum Gasteiger partial charge on any atom is -0.481 e. The van der Waals surface area contributed by atoms with E-state index in [1.165, 1.54) is 11.1 Å². The van der Waals surface area contributed by atoms with Crippen molar-refractivity contribution in [3.05, 3.63) is 64.7 Å². The summed E-state index contributed by atoms with van der Waals surface area (Å²) in [6.45, 7) is 4.61. The molecule has 1 atom stereocenters. The SMILES string of the molecule is CCC(Oc1ccc(C)cc1)C(=O)NCCCc1ccc(Cl)cc1. The van der Waals surface area contributed by atoms with E-state index in [0.717, 1.165) is 23.6 Å². The fraction of sp³-hybridized carbons (Fsp3) is 0.350. The van der Waals surface area contributed by atoms with Gasteiger partial charge in [0.05, 0.1) is 0 Å². The molecule has 2 aromatic rings. The fourth-order valence-corrected chi connectivity index (χ4v) is 2.50. The average molecular weight is 346 g/mol. The zero-order chi connectivity index (χ0) is 17.4. The first-order chi connectivity index (χ1) is 11.6. The number of carbonyl (C=O) groups excluding carboxylic acids is 1. The quantitative estimate of drug-likeness (QED) is 0.712. The Labute approximate surface area is 149 Å². The topological polar surface area (TPSA) is 38.3 Å². The van der Waals surface area contributed by atoms with Crippen LogP contribution in [-0.2, 0) is 11.2 Å². The van der Waals surface area contributed by atoms with Gasteiger partial charge in [-0.25, -0.2) is 0 Å². The van der Waals surface area contributed by atoms with Crippen LogP contribution in [0.4, 0.5) is 0 Å². The molecular formula is C20H24ClNO2. The zero-order valence-corrected chi connectivity index (χ0v) is 15.0. The van der Waals surface area contributed by atoms with E-state index in [4.69, 9.17) is 16.3 Å². The standard InChI is InChI=1S/C20H24ClNO2/c1-3-19(24-18-12-6-15(2)7-13-18)20(23)22-14-4-5-16-8-10-17(21)11-9-16/h6-13,19H,3-5,14H2,1-2H3,(H,22,23). The minimum absolute atomic E-state index is 0.0609. The van der Waals surface area contributed by atoms with Crippen LogP contribution in [0.5, 0.6) is 5.75 Å². The van der Waals surface area contributed by atoms with Gasteiger partial charge in [-0.3, -0.25) is 4.79 Å². The number of hydrogen-bond acceptors (Lipinski definition) is 2. The third-order valence-corrected chi connectivity index (χ3v) is 4.07. The normalized spacial score (nSPS) is 11.8. The Balaban J connectivity index is 1.75. The highest BCUT2D eigenvalue weighted by Gasteiger charge is 2.17. The van der Waals surface area contributed by atoms with E-state index in [9.17, 15) is 4.79 Å². The van der Waals surface area contributed by atoms with Crippen molar-refractivity contribution in [2.75, 3.05) is 6.54 Å². The average Bonchev–Trinajstić information content (AvgIpc) is 2.59. The van der Waals surface area contributed by atoms with E-state index < -0.39 is 6.10 Å². The molecule has 0 saturated heterocycles. The molecule has 0 spiro atoms. The number of ether oxygens (including phenoxy) is 1. The van der Waals surface area contributed by atoms with Crippen molar-refractivity contribution in [1.82, 2.24) is 5.32 Å². The van der Waals surface area contributed by atoms with Crippen LogP contribution in [0.3, 0.4) is 0 Å². The molecule has 1 N–H and O–H groups in total. The molecule has 0 aliphatic carbocycles. The maximum absolute atomic E-state index is 12.2. The first-order valence-corrected chi connectivity index (χ1v) is 8.71. The molecule has 0 fully saturated rings. The molecule has 0 aliphatic rings. The van der Waals surface area contributed by atoms with E-state index in [0.29, 0.717) is 13.0 Å². The first-order valence-electron chi connectivity index (χ1n) is 8.34. The van der Waals surface area contributed by atoms with Gasteiger partial charge in [0.15, 0.2) is 6.10 Å². The zero-order valence-electron chi connectivity index (χ0n) is 14.2. The third kappa shape index (κ3) is 5.89. The van der Waals surface area contributed by atoms with Gasteiger partial charge in [-0.05, 0) is 56.0 Å². The van der Waals surface area contributed by atoms with Gasteiger partial charge in [0.2, 0.25) is 0 Å². The van der Waals surface area contributed by atoms with Gasteiger partial charge in [-0.1, -0.05) is 48.4 Å². The second-order valence-corrected chi connectivity index (χ2v) is 6.29. The molecule has 0 radical (unpaired) electrons. The van der Waals surface area contributed by atoms with Crippen LogP contribution in [0.2, 0.25) is 5.02 Å². The summed E-state index contributed by atoms with van der Waals surface area (Å²) in [5, 5.41) is 3.70. The number of benzene rings is 2. The van der Waals surface area contributed by atoms with Gasteiger partial charge in [0.25, 0.3) is 5.91 Å². The molecule has 0 aromatic heterocycles. The van der Waals surface area contributed by atoms with Crippen molar-refractivity contribution < 1.29 is 9.53 Å². The molecule has 1 unspecified atom stereocenters. The first kappa shape index (κ1) is 18.3. The number of amides is 1. The molecular weight excluding hydrogens is 322 g/mol. The molecule has 2 rings (SSSR count). The van der Waals surface area contributed by atoms with Crippen molar-refractivity contribution in [2.45, 2.75) is 39.2 Å². The highest BCUT2D eigenvalue weighted by Crippen LogP contribution is 2.15. The Morgan fingerprint density at radius 1 is 1.12 bits per heavy atom. The van der Waals surface area contributed by atoms with Crippen molar-refractivity contribution in [3.63, 3.8) is 0 Å². The molecule has 2 aromatic carbocycles. The van der Waals surface area contributed by atoms with E-state index in [1.54, 1.807) is 0 Å². The van der Waals surface area contributed by atoms with Crippen LogP contribution in [0.1, 0.15) is 30.9 Å². The van der Waals surface area contributed by atoms with E-state index >= 15 is 0 Å². The lowest BCUT2D eigenvalue weighted by Gasteiger charge is -2.17.